The first kappa shape index (κ1) is 12.8. The molecule has 96 valence electrons. The second-order valence-electron chi connectivity index (χ2n) is 4.93. The van der Waals surface area contributed by atoms with Crippen LogP contribution in [-0.4, -0.2) is 16.1 Å². The van der Waals surface area contributed by atoms with Crippen molar-refractivity contribution >= 4 is 0 Å². The average molecular weight is 243 g/mol. The summed E-state index contributed by atoms with van der Waals surface area (Å²) in [7, 11) is 0. The molecule has 2 N–H and O–H groups in total. The van der Waals surface area contributed by atoms with Crippen LogP contribution >= 0.6 is 0 Å². The van der Waals surface area contributed by atoms with Crippen LogP contribution < -0.4 is 5.73 Å². The average Bonchev–Trinajstić information content (AvgIpc) is 2.71. The predicted octanol–water partition coefficient (Wildman–Crippen LogP) is 2.36. The molecule has 0 amide bonds. The lowest BCUT2D eigenvalue weighted by atomic mass is 10.00. The highest BCUT2D eigenvalue weighted by atomic mass is 15.0. The maximum Gasteiger partial charge on any atom is 0.0951 e. The molecule has 0 aliphatic heterocycles. The van der Waals surface area contributed by atoms with Crippen LogP contribution in [0.3, 0.4) is 0 Å². The highest BCUT2D eigenvalue weighted by molar-refractivity contribution is 5.37. The third-order valence-electron chi connectivity index (χ3n) is 3.37. The van der Waals surface area contributed by atoms with Gasteiger partial charge in [0.05, 0.1) is 6.33 Å². The van der Waals surface area contributed by atoms with E-state index in [4.69, 9.17) is 5.73 Å². The van der Waals surface area contributed by atoms with Crippen LogP contribution in [0.25, 0.3) is 0 Å². The first-order chi connectivity index (χ1) is 8.61. The second kappa shape index (κ2) is 5.36. The van der Waals surface area contributed by atoms with Crippen molar-refractivity contribution in [2.45, 2.75) is 33.7 Å². The Hall–Kier alpha value is -1.61. The van der Waals surface area contributed by atoms with Gasteiger partial charge in [0.2, 0.25) is 0 Å². The fourth-order valence-corrected chi connectivity index (χ4v) is 2.48. The molecule has 3 nitrogen and oxygen atoms in total. The smallest absolute Gasteiger partial charge is 0.0951 e. The fraction of sp³-hybridized carbons (Fsp3) is 0.400. The van der Waals surface area contributed by atoms with Gasteiger partial charge in [-0.2, -0.15) is 0 Å². The summed E-state index contributed by atoms with van der Waals surface area (Å²) in [6.07, 6.45) is 4.68. The Balaban J connectivity index is 2.31. The Bertz CT molecular complexity index is 517. The molecule has 2 rings (SSSR count). The van der Waals surface area contributed by atoms with Crippen molar-refractivity contribution in [3.8, 4) is 0 Å². The summed E-state index contributed by atoms with van der Waals surface area (Å²) in [6, 6.07) is 4.48. The first-order valence-electron chi connectivity index (χ1n) is 6.37. The number of benzene rings is 1. The molecule has 1 aromatic carbocycles. The Morgan fingerprint density at radius 1 is 1.17 bits per heavy atom. The quantitative estimate of drug-likeness (QED) is 0.896. The van der Waals surface area contributed by atoms with E-state index in [2.05, 4.69) is 42.5 Å². The van der Waals surface area contributed by atoms with Gasteiger partial charge < -0.3 is 10.3 Å². The highest BCUT2D eigenvalue weighted by Gasteiger charge is 2.07. The molecule has 18 heavy (non-hydrogen) atoms. The molecule has 1 heterocycles. The Labute approximate surface area is 109 Å². The predicted molar refractivity (Wildman–Crippen MR) is 74.7 cm³/mol. The van der Waals surface area contributed by atoms with Crippen molar-refractivity contribution < 1.29 is 0 Å². The molecule has 2 aromatic rings. The fourth-order valence-electron chi connectivity index (χ4n) is 2.48. The molecular weight excluding hydrogens is 222 g/mol. The van der Waals surface area contributed by atoms with E-state index in [0.29, 0.717) is 6.54 Å². The van der Waals surface area contributed by atoms with Gasteiger partial charge in [0, 0.05) is 24.9 Å². The zero-order chi connectivity index (χ0) is 13.1. The van der Waals surface area contributed by atoms with Gasteiger partial charge >= 0.3 is 0 Å². The number of hydrogen-bond donors (Lipinski definition) is 1. The molecular formula is C15H21N3. The van der Waals surface area contributed by atoms with Crippen LogP contribution in [0.5, 0.6) is 0 Å². The number of nitrogens with two attached hydrogens (primary N) is 1. The number of hydrogen-bond acceptors (Lipinski definition) is 2. The molecule has 0 spiro atoms. The molecule has 0 aliphatic carbocycles. The van der Waals surface area contributed by atoms with Gasteiger partial charge in [-0.1, -0.05) is 17.7 Å². The number of aryl methyl sites for hydroxylation is 3. The summed E-state index contributed by atoms with van der Waals surface area (Å²) in [4.78, 5) is 4.22. The third-order valence-corrected chi connectivity index (χ3v) is 3.37. The van der Waals surface area contributed by atoms with E-state index >= 15 is 0 Å². The van der Waals surface area contributed by atoms with E-state index in [1.165, 1.54) is 27.9 Å². The van der Waals surface area contributed by atoms with Crippen LogP contribution in [0, 0.1) is 20.8 Å². The van der Waals surface area contributed by atoms with Crippen molar-refractivity contribution in [2.75, 3.05) is 6.54 Å². The number of aromatic nitrogens is 2. The summed E-state index contributed by atoms with van der Waals surface area (Å²) in [5, 5.41) is 0. The molecule has 0 radical (unpaired) electrons. The minimum atomic E-state index is 0.664. The van der Waals surface area contributed by atoms with Crippen LogP contribution in [0.1, 0.15) is 27.9 Å². The van der Waals surface area contributed by atoms with Crippen LogP contribution in [-0.2, 0) is 13.0 Å². The van der Waals surface area contributed by atoms with E-state index < -0.39 is 0 Å². The summed E-state index contributed by atoms with van der Waals surface area (Å²) >= 11 is 0. The van der Waals surface area contributed by atoms with Gasteiger partial charge in [-0.05, 0) is 44.0 Å². The topological polar surface area (TPSA) is 43.8 Å². The number of imidazole rings is 1. The van der Waals surface area contributed by atoms with Gasteiger partial charge in [0.15, 0.2) is 0 Å². The molecule has 0 bridgehead atoms. The Morgan fingerprint density at radius 2 is 1.83 bits per heavy atom. The second-order valence-corrected chi connectivity index (χ2v) is 4.93. The molecule has 0 atom stereocenters. The third kappa shape index (κ3) is 2.62. The zero-order valence-corrected chi connectivity index (χ0v) is 11.4. The summed E-state index contributed by atoms with van der Waals surface area (Å²) in [5.74, 6) is 0. The molecule has 1 aromatic heterocycles. The minimum absolute atomic E-state index is 0.664. The zero-order valence-electron chi connectivity index (χ0n) is 11.4. The molecule has 0 aliphatic rings. The van der Waals surface area contributed by atoms with E-state index in [9.17, 15) is 0 Å². The van der Waals surface area contributed by atoms with E-state index in [1.807, 2.05) is 12.5 Å². The van der Waals surface area contributed by atoms with Crippen molar-refractivity contribution in [3.05, 3.63) is 52.6 Å². The summed E-state index contributed by atoms with van der Waals surface area (Å²) in [5.41, 5.74) is 12.2. The molecule has 0 saturated heterocycles. The Kier molecular flexibility index (Phi) is 3.82. The standard InChI is InChI=1S/C15H21N3/c1-11-6-12(2)15(13(3)7-11)9-18-10-17-8-14(18)4-5-16/h6-8,10H,4-5,9,16H2,1-3H3. The Morgan fingerprint density at radius 3 is 2.44 bits per heavy atom. The van der Waals surface area contributed by atoms with Gasteiger partial charge in [-0.25, -0.2) is 4.98 Å². The monoisotopic (exact) mass is 243 g/mol. The van der Waals surface area contributed by atoms with Gasteiger partial charge in [-0.3, -0.25) is 0 Å². The van der Waals surface area contributed by atoms with Gasteiger partial charge in [0.25, 0.3) is 0 Å². The SMILES string of the molecule is Cc1cc(C)c(Cn2cncc2CCN)c(C)c1. The van der Waals surface area contributed by atoms with Crippen molar-refractivity contribution in [2.24, 2.45) is 5.73 Å². The van der Waals surface area contributed by atoms with E-state index in [1.54, 1.807) is 0 Å². The number of rotatable bonds is 4. The maximum absolute atomic E-state index is 5.62. The summed E-state index contributed by atoms with van der Waals surface area (Å²) < 4.78 is 2.19. The number of nitrogens with zero attached hydrogens (tertiary/aromatic N) is 2. The lowest BCUT2D eigenvalue weighted by Gasteiger charge is -2.14. The van der Waals surface area contributed by atoms with Crippen LogP contribution in [0.2, 0.25) is 0 Å². The maximum atomic E-state index is 5.62. The molecule has 0 saturated carbocycles. The highest BCUT2D eigenvalue weighted by Crippen LogP contribution is 2.18. The largest absolute Gasteiger partial charge is 0.330 e. The van der Waals surface area contributed by atoms with E-state index in [0.717, 1.165) is 13.0 Å². The van der Waals surface area contributed by atoms with Crippen molar-refractivity contribution in [3.63, 3.8) is 0 Å². The van der Waals surface area contributed by atoms with Gasteiger partial charge in [0.1, 0.15) is 0 Å². The van der Waals surface area contributed by atoms with Crippen molar-refractivity contribution in [1.82, 2.24) is 9.55 Å². The normalized spacial score (nSPS) is 10.9. The first-order valence-corrected chi connectivity index (χ1v) is 6.37. The van der Waals surface area contributed by atoms with Crippen molar-refractivity contribution in [1.29, 1.82) is 0 Å². The molecule has 0 unspecified atom stereocenters. The lowest BCUT2D eigenvalue weighted by molar-refractivity contribution is 0.726. The lowest BCUT2D eigenvalue weighted by Crippen LogP contribution is -2.10. The summed E-state index contributed by atoms with van der Waals surface area (Å²) in [6.45, 7) is 8.04. The van der Waals surface area contributed by atoms with E-state index in [-0.39, 0.29) is 0 Å². The van der Waals surface area contributed by atoms with Crippen LogP contribution in [0.15, 0.2) is 24.7 Å². The minimum Gasteiger partial charge on any atom is -0.330 e. The van der Waals surface area contributed by atoms with Gasteiger partial charge in [-0.15, -0.1) is 0 Å². The molecule has 0 fully saturated rings. The molecule has 3 heteroatoms. The van der Waals surface area contributed by atoms with Crippen LogP contribution in [0.4, 0.5) is 0 Å².